The van der Waals surface area contributed by atoms with Gasteiger partial charge >= 0.3 is 0 Å². The van der Waals surface area contributed by atoms with Crippen LogP contribution in [0.15, 0.2) is 47.6 Å². The lowest BCUT2D eigenvalue weighted by atomic mass is 10.1. The van der Waals surface area contributed by atoms with Crippen molar-refractivity contribution in [2.75, 3.05) is 11.2 Å². The lowest BCUT2D eigenvalue weighted by Gasteiger charge is -2.30. The quantitative estimate of drug-likeness (QED) is 0.545. The van der Waals surface area contributed by atoms with Crippen LogP contribution in [0.3, 0.4) is 0 Å². The minimum absolute atomic E-state index is 0.0778. The van der Waals surface area contributed by atoms with Gasteiger partial charge in [0.15, 0.2) is 5.69 Å². The van der Waals surface area contributed by atoms with Gasteiger partial charge in [-0.3, -0.25) is 9.69 Å². The maximum absolute atomic E-state index is 13.1. The van der Waals surface area contributed by atoms with Crippen LogP contribution in [-0.2, 0) is 4.79 Å². The summed E-state index contributed by atoms with van der Waals surface area (Å²) in [6.07, 6.45) is 1.50. The summed E-state index contributed by atoms with van der Waals surface area (Å²) < 4.78 is 6.33. The Labute approximate surface area is 178 Å². The molecule has 1 aliphatic heterocycles. The predicted octanol–water partition coefficient (Wildman–Crippen LogP) is 5.06. The van der Waals surface area contributed by atoms with Crippen molar-refractivity contribution in [2.45, 2.75) is 31.7 Å². The number of aryl methyl sites for hydroxylation is 1. The number of benzene rings is 2. The third-order valence-corrected chi connectivity index (χ3v) is 5.42. The molecule has 0 saturated heterocycles. The predicted molar refractivity (Wildman–Crippen MR) is 114 cm³/mol. The molecule has 1 aromatic heterocycles. The van der Waals surface area contributed by atoms with Crippen LogP contribution in [0, 0.1) is 6.92 Å². The molecule has 8 heteroatoms. The van der Waals surface area contributed by atoms with Gasteiger partial charge in [0, 0.05) is 22.6 Å². The maximum Gasteiger partial charge on any atom is 0.247 e. The highest BCUT2D eigenvalue weighted by atomic mass is 35.5. The average Bonchev–Trinajstić information content (AvgIpc) is 2.87. The van der Waals surface area contributed by atoms with E-state index in [4.69, 9.17) is 16.3 Å². The average molecular weight is 427 g/mol. The van der Waals surface area contributed by atoms with E-state index < -0.39 is 6.23 Å². The third-order valence-electron chi connectivity index (χ3n) is 4.65. The normalized spacial score (nSPS) is 15.2. The van der Waals surface area contributed by atoms with Crippen molar-refractivity contribution < 1.29 is 9.53 Å². The van der Waals surface area contributed by atoms with Crippen LogP contribution in [0.5, 0.6) is 5.88 Å². The van der Waals surface area contributed by atoms with Crippen LogP contribution in [0.4, 0.5) is 5.69 Å². The van der Waals surface area contributed by atoms with Crippen LogP contribution in [-0.4, -0.2) is 27.3 Å². The first-order valence-electron chi connectivity index (χ1n) is 9.15. The Bertz CT molecular complexity index is 1090. The molecule has 1 amide bonds. The number of thioether (sulfide) groups is 1. The number of hydrogen-bond acceptors (Lipinski definition) is 6. The zero-order valence-corrected chi connectivity index (χ0v) is 17.8. The number of amides is 1. The van der Waals surface area contributed by atoms with Crippen LogP contribution in [0.25, 0.3) is 11.3 Å². The van der Waals surface area contributed by atoms with Crippen LogP contribution in [0.1, 0.15) is 30.7 Å². The van der Waals surface area contributed by atoms with Gasteiger partial charge in [-0.1, -0.05) is 60.1 Å². The van der Waals surface area contributed by atoms with Gasteiger partial charge in [-0.05, 0) is 31.4 Å². The fourth-order valence-electron chi connectivity index (χ4n) is 3.30. The first-order valence-corrected chi connectivity index (χ1v) is 10.8. The molecular weight excluding hydrogens is 408 g/mol. The van der Waals surface area contributed by atoms with Crippen molar-refractivity contribution in [2.24, 2.45) is 0 Å². The molecule has 6 nitrogen and oxygen atoms in total. The first kappa shape index (κ1) is 19.7. The van der Waals surface area contributed by atoms with Crippen LogP contribution in [0.2, 0.25) is 5.02 Å². The maximum atomic E-state index is 13.1. The van der Waals surface area contributed by atoms with Crippen molar-refractivity contribution >= 4 is 35.0 Å². The summed E-state index contributed by atoms with van der Waals surface area (Å²) in [4.78, 5) is 19.2. The van der Waals surface area contributed by atoms with Crippen molar-refractivity contribution in [1.29, 1.82) is 0 Å². The molecule has 0 spiro atoms. The number of rotatable bonds is 3. The van der Waals surface area contributed by atoms with E-state index >= 15 is 0 Å². The second kappa shape index (κ2) is 8.00. The number of carbonyl (C=O) groups excluding carboxylic acids is 1. The van der Waals surface area contributed by atoms with Crippen LogP contribution >= 0.6 is 23.4 Å². The van der Waals surface area contributed by atoms with Crippen molar-refractivity contribution in [3.05, 3.63) is 58.6 Å². The summed E-state index contributed by atoms with van der Waals surface area (Å²) in [6, 6.07) is 13.2. The molecule has 3 aromatic rings. The standard InChI is InChI=1S/C21H19ClN4O2S/c1-4-17(27)26-16-9-8-14(22)11-15(16)18-19(23-21(29-3)25-24-18)28-20(26)13-7-5-6-12(2)10-13/h5-11,20H,4H2,1-3H3/t20-/m0/s1. The fraction of sp³-hybridized carbons (Fsp3) is 0.238. The molecule has 2 aromatic carbocycles. The number of fused-ring (bicyclic) bond motifs is 3. The Morgan fingerprint density at radius 1 is 1.24 bits per heavy atom. The molecule has 4 rings (SSSR count). The SMILES string of the molecule is CCC(=O)N1c2ccc(Cl)cc2-c2nnc(SC)nc2O[C@H]1c1cccc(C)c1. The van der Waals surface area contributed by atoms with Gasteiger partial charge < -0.3 is 4.74 Å². The molecule has 1 aliphatic rings. The number of carbonyl (C=O) groups is 1. The van der Waals surface area contributed by atoms with Crippen molar-refractivity contribution in [3.8, 4) is 17.1 Å². The second-order valence-corrected chi connectivity index (χ2v) is 7.83. The number of ether oxygens (including phenoxy) is 1. The Morgan fingerprint density at radius 2 is 2.07 bits per heavy atom. The highest BCUT2D eigenvalue weighted by Crippen LogP contribution is 2.44. The third kappa shape index (κ3) is 3.68. The van der Waals surface area contributed by atoms with Gasteiger partial charge in [0.1, 0.15) is 0 Å². The number of anilines is 1. The van der Waals surface area contributed by atoms with E-state index in [1.807, 2.05) is 50.4 Å². The largest absolute Gasteiger partial charge is 0.447 e. The summed E-state index contributed by atoms with van der Waals surface area (Å²) in [5.41, 5.74) is 3.72. The molecule has 2 heterocycles. The molecule has 0 N–H and O–H groups in total. The van der Waals surface area contributed by atoms with Gasteiger partial charge in [-0.25, -0.2) is 0 Å². The van der Waals surface area contributed by atoms with Gasteiger partial charge in [0.2, 0.25) is 23.2 Å². The number of hydrogen-bond donors (Lipinski definition) is 0. The molecule has 0 bridgehead atoms. The molecule has 148 valence electrons. The summed E-state index contributed by atoms with van der Waals surface area (Å²) in [5, 5.41) is 9.52. The molecule has 0 saturated carbocycles. The highest BCUT2D eigenvalue weighted by Gasteiger charge is 2.35. The Morgan fingerprint density at radius 3 is 2.79 bits per heavy atom. The molecule has 0 aliphatic carbocycles. The Kier molecular flexibility index (Phi) is 5.43. The van der Waals surface area contributed by atoms with Crippen LogP contribution < -0.4 is 9.64 Å². The Balaban J connectivity index is 2.00. The van der Waals surface area contributed by atoms with E-state index in [0.29, 0.717) is 39.4 Å². The lowest BCUT2D eigenvalue weighted by Crippen LogP contribution is -2.37. The topological polar surface area (TPSA) is 68.2 Å². The van der Waals surface area contributed by atoms with E-state index in [2.05, 4.69) is 15.2 Å². The molecule has 0 radical (unpaired) electrons. The van der Waals surface area contributed by atoms with E-state index in [1.165, 1.54) is 11.8 Å². The summed E-state index contributed by atoms with van der Waals surface area (Å²) >= 11 is 7.65. The zero-order valence-electron chi connectivity index (χ0n) is 16.2. The molecule has 0 fully saturated rings. The number of nitrogens with zero attached hydrogens (tertiary/aromatic N) is 4. The van der Waals surface area contributed by atoms with Crippen molar-refractivity contribution in [3.63, 3.8) is 0 Å². The first-order chi connectivity index (χ1) is 14.0. The van der Waals surface area contributed by atoms with Crippen molar-refractivity contribution in [1.82, 2.24) is 15.2 Å². The van der Waals surface area contributed by atoms with Gasteiger partial charge in [-0.15, -0.1) is 10.2 Å². The Hall–Kier alpha value is -2.64. The summed E-state index contributed by atoms with van der Waals surface area (Å²) in [7, 11) is 0. The van der Waals surface area contributed by atoms with E-state index in [9.17, 15) is 4.79 Å². The second-order valence-electron chi connectivity index (χ2n) is 6.62. The summed E-state index contributed by atoms with van der Waals surface area (Å²) in [5.74, 6) is 0.247. The highest BCUT2D eigenvalue weighted by molar-refractivity contribution is 7.98. The monoisotopic (exact) mass is 426 g/mol. The molecule has 29 heavy (non-hydrogen) atoms. The number of halogens is 1. The smallest absolute Gasteiger partial charge is 0.247 e. The lowest BCUT2D eigenvalue weighted by molar-refractivity contribution is -0.120. The molecular formula is C21H19ClN4O2S. The van der Waals surface area contributed by atoms with E-state index in [-0.39, 0.29) is 5.91 Å². The minimum Gasteiger partial charge on any atom is -0.447 e. The van der Waals surface area contributed by atoms with Gasteiger partial charge in [0.05, 0.1) is 5.69 Å². The van der Waals surface area contributed by atoms with Gasteiger partial charge in [0.25, 0.3) is 0 Å². The summed E-state index contributed by atoms with van der Waals surface area (Å²) in [6.45, 7) is 3.83. The van der Waals surface area contributed by atoms with Gasteiger partial charge in [-0.2, -0.15) is 4.98 Å². The number of aromatic nitrogens is 3. The minimum atomic E-state index is -0.685. The fourth-order valence-corrected chi connectivity index (χ4v) is 3.77. The van der Waals surface area contributed by atoms with E-state index in [0.717, 1.165) is 11.1 Å². The zero-order chi connectivity index (χ0) is 20.5. The molecule has 1 atom stereocenters. The molecule has 0 unspecified atom stereocenters. The van der Waals surface area contributed by atoms with E-state index in [1.54, 1.807) is 17.0 Å².